The van der Waals surface area contributed by atoms with Gasteiger partial charge in [0.25, 0.3) is 0 Å². The Morgan fingerprint density at radius 3 is 2.64 bits per heavy atom. The predicted molar refractivity (Wildman–Crippen MR) is 92.2 cm³/mol. The van der Waals surface area contributed by atoms with Crippen molar-refractivity contribution in [3.63, 3.8) is 0 Å². The number of carbonyl (C=O) groups is 1. The first kappa shape index (κ1) is 16.4. The fraction of sp³-hybridized carbons (Fsp3) is 0.579. The number of fused-ring (bicyclic) bond motifs is 1. The van der Waals surface area contributed by atoms with E-state index in [0.717, 1.165) is 30.6 Å². The van der Waals surface area contributed by atoms with Crippen molar-refractivity contribution in [1.29, 1.82) is 0 Å². The van der Waals surface area contributed by atoms with Crippen LogP contribution in [0.3, 0.4) is 0 Å². The van der Waals surface area contributed by atoms with Gasteiger partial charge in [-0.05, 0) is 40.0 Å². The Kier molecular flexibility index (Phi) is 3.58. The normalized spacial score (nSPS) is 27.1. The second kappa shape index (κ2) is 5.46. The lowest BCUT2D eigenvalue weighted by Crippen LogP contribution is -2.70. The molecule has 6 nitrogen and oxygen atoms in total. The molecule has 0 unspecified atom stereocenters. The minimum absolute atomic E-state index is 0.0377. The van der Waals surface area contributed by atoms with E-state index in [2.05, 4.69) is 0 Å². The average Bonchev–Trinajstić information content (AvgIpc) is 2.86. The molecule has 3 fully saturated rings. The first-order chi connectivity index (χ1) is 11.9. The Morgan fingerprint density at radius 2 is 2.04 bits per heavy atom. The largest absolute Gasteiger partial charge is 0.490 e. The third-order valence-electron chi connectivity index (χ3n) is 5.37. The lowest BCUT2D eigenvalue weighted by Gasteiger charge is -2.68. The van der Waals surface area contributed by atoms with Crippen molar-refractivity contribution in [3.8, 4) is 5.75 Å². The molecule has 0 amide bonds. The third-order valence-corrected chi connectivity index (χ3v) is 5.37. The van der Waals surface area contributed by atoms with Crippen LogP contribution in [0.1, 0.15) is 56.1 Å². The highest BCUT2D eigenvalue weighted by atomic mass is 16.5. The molecule has 0 atom stereocenters. The molecule has 134 valence electrons. The summed E-state index contributed by atoms with van der Waals surface area (Å²) >= 11 is 0. The van der Waals surface area contributed by atoms with Gasteiger partial charge in [-0.1, -0.05) is 0 Å². The summed E-state index contributed by atoms with van der Waals surface area (Å²) in [6.45, 7) is 5.99. The van der Waals surface area contributed by atoms with Crippen LogP contribution < -0.4 is 4.74 Å². The molecule has 3 aliphatic carbocycles. The van der Waals surface area contributed by atoms with Gasteiger partial charge in [0.05, 0.1) is 24.0 Å². The van der Waals surface area contributed by atoms with Crippen LogP contribution in [0.2, 0.25) is 0 Å². The summed E-state index contributed by atoms with van der Waals surface area (Å²) < 4.78 is 18.5. The molecule has 6 heteroatoms. The topological polar surface area (TPSA) is 62.1 Å². The highest BCUT2D eigenvalue weighted by molar-refractivity contribution is 5.92. The Balaban J connectivity index is 1.71. The van der Waals surface area contributed by atoms with E-state index < -0.39 is 0 Å². The summed E-state index contributed by atoms with van der Waals surface area (Å²) in [4.78, 5) is 17.1. The molecule has 25 heavy (non-hydrogen) atoms. The maximum absolute atomic E-state index is 12.3. The van der Waals surface area contributed by atoms with Gasteiger partial charge in [0.15, 0.2) is 0 Å². The van der Waals surface area contributed by atoms with Crippen LogP contribution in [-0.4, -0.2) is 40.8 Å². The van der Waals surface area contributed by atoms with E-state index in [4.69, 9.17) is 19.2 Å². The van der Waals surface area contributed by atoms with Gasteiger partial charge in [0, 0.05) is 31.0 Å². The Labute approximate surface area is 147 Å². The van der Waals surface area contributed by atoms with E-state index in [-0.39, 0.29) is 23.1 Å². The molecule has 3 saturated carbocycles. The molecule has 0 N–H and O–H groups in total. The van der Waals surface area contributed by atoms with Crippen molar-refractivity contribution >= 4 is 11.6 Å². The first-order valence-corrected chi connectivity index (χ1v) is 8.82. The van der Waals surface area contributed by atoms with Crippen molar-refractivity contribution in [2.45, 2.75) is 57.2 Å². The van der Waals surface area contributed by atoms with Crippen molar-refractivity contribution in [2.75, 3.05) is 13.7 Å². The molecular formula is C19H24N2O4. The van der Waals surface area contributed by atoms with Gasteiger partial charge in [-0.15, -0.1) is 0 Å². The van der Waals surface area contributed by atoms with E-state index in [1.54, 1.807) is 20.2 Å². The number of rotatable bonds is 6. The SMILES string of the molecule is CCOC(=O)c1cn2cc(C34CC(OC)(C3)C4)nc2cc1OC(C)C. The maximum Gasteiger partial charge on any atom is 0.343 e. The number of imidazole rings is 1. The molecule has 2 aromatic rings. The van der Waals surface area contributed by atoms with Crippen LogP contribution in [0.15, 0.2) is 18.5 Å². The van der Waals surface area contributed by atoms with Crippen molar-refractivity contribution in [3.05, 3.63) is 29.7 Å². The molecule has 2 heterocycles. The lowest BCUT2D eigenvalue weighted by molar-refractivity contribution is -0.233. The minimum Gasteiger partial charge on any atom is -0.490 e. The number of methoxy groups -OCH3 is 1. The number of esters is 1. The summed E-state index contributed by atoms with van der Waals surface area (Å²) in [5.41, 5.74) is 2.51. The highest BCUT2D eigenvalue weighted by Crippen LogP contribution is 2.69. The fourth-order valence-corrected chi connectivity index (χ4v) is 4.17. The molecule has 5 rings (SSSR count). The Hall–Kier alpha value is -2.08. The predicted octanol–water partition coefficient (Wildman–Crippen LogP) is 3.12. The zero-order valence-corrected chi connectivity index (χ0v) is 15.2. The van der Waals surface area contributed by atoms with Gasteiger partial charge in [0.2, 0.25) is 0 Å². The quantitative estimate of drug-likeness (QED) is 0.754. The summed E-state index contributed by atoms with van der Waals surface area (Å²) in [5.74, 6) is 0.142. The number of hydrogen-bond acceptors (Lipinski definition) is 5. The molecule has 0 radical (unpaired) electrons. The third kappa shape index (κ3) is 2.42. The molecule has 0 saturated heterocycles. The summed E-state index contributed by atoms with van der Waals surface area (Å²) in [6.07, 6.45) is 6.83. The maximum atomic E-state index is 12.3. The van der Waals surface area contributed by atoms with Crippen LogP contribution in [0.5, 0.6) is 5.75 Å². The summed E-state index contributed by atoms with van der Waals surface area (Å²) in [6, 6.07) is 1.83. The number of aromatic nitrogens is 2. The molecule has 0 spiro atoms. The minimum atomic E-state index is -0.376. The second-order valence-electron chi connectivity index (χ2n) is 7.53. The fourth-order valence-electron chi connectivity index (χ4n) is 4.17. The number of ether oxygens (including phenoxy) is 3. The second-order valence-corrected chi connectivity index (χ2v) is 7.53. The van der Waals surface area contributed by atoms with Gasteiger partial charge in [-0.25, -0.2) is 9.78 Å². The molecule has 2 bridgehead atoms. The van der Waals surface area contributed by atoms with E-state index in [0.29, 0.717) is 17.9 Å². The van der Waals surface area contributed by atoms with Crippen molar-refractivity contribution in [1.82, 2.24) is 9.38 Å². The standard InChI is InChI=1S/C19H24N2O4/c1-5-24-17(22)13-7-21-8-15(18-9-19(10-18,11-18)23-4)20-16(21)6-14(13)25-12(2)3/h6-8,12H,5,9-11H2,1-4H3. The average molecular weight is 344 g/mol. The number of nitrogens with zero attached hydrogens (tertiary/aromatic N) is 2. The van der Waals surface area contributed by atoms with Gasteiger partial charge in [0.1, 0.15) is 17.0 Å². The van der Waals surface area contributed by atoms with E-state index >= 15 is 0 Å². The van der Waals surface area contributed by atoms with E-state index in [9.17, 15) is 4.79 Å². The monoisotopic (exact) mass is 344 g/mol. The van der Waals surface area contributed by atoms with Gasteiger partial charge in [-0.3, -0.25) is 0 Å². The number of pyridine rings is 1. The van der Waals surface area contributed by atoms with Crippen molar-refractivity contribution in [2.24, 2.45) is 0 Å². The van der Waals surface area contributed by atoms with Gasteiger partial charge >= 0.3 is 5.97 Å². The molecule has 0 aliphatic heterocycles. The molecule has 2 aromatic heterocycles. The molecule has 3 aliphatic rings. The van der Waals surface area contributed by atoms with Crippen LogP contribution >= 0.6 is 0 Å². The van der Waals surface area contributed by atoms with E-state index in [1.807, 2.05) is 30.5 Å². The van der Waals surface area contributed by atoms with Gasteiger partial charge < -0.3 is 18.6 Å². The summed E-state index contributed by atoms with van der Waals surface area (Å²) in [5, 5.41) is 0. The number of hydrogen-bond donors (Lipinski definition) is 0. The van der Waals surface area contributed by atoms with Crippen LogP contribution in [-0.2, 0) is 14.9 Å². The van der Waals surface area contributed by atoms with Crippen LogP contribution in [0.4, 0.5) is 0 Å². The van der Waals surface area contributed by atoms with Crippen molar-refractivity contribution < 1.29 is 19.0 Å². The Bertz CT molecular complexity index is 820. The Morgan fingerprint density at radius 1 is 1.32 bits per heavy atom. The number of carbonyl (C=O) groups excluding carboxylic acids is 1. The van der Waals surface area contributed by atoms with E-state index in [1.165, 1.54) is 0 Å². The lowest BCUT2D eigenvalue weighted by atomic mass is 9.40. The zero-order valence-electron chi connectivity index (χ0n) is 15.2. The first-order valence-electron chi connectivity index (χ1n) is 8.82. The van der Waals surface area contributed by atoms with Crippen LogP contribution in [0.25, 0.3) is 5.65 Å². The molecular weight excluding hydrogens is 320 g/mol. The zero-order chi connectivity index (χ0) is 17.8. The molecule has 0 aromatic carbocycles. The highest BCUT2D eigenvalue weighted by Gasteiger charge is 2.70. The summed E-state index contributed by atoms with van der Waals surface area (Å²) in [7, 11) is 1.79. The van der Waals surface area contributed by atoms with Gasteiger partial charge in [-0.2, -0.15) is 0 Å². The van der Waals surface area contributed by atoms with Crippen LogP contribution in [0, 0.1) is 0 Å². The smallest absolute Gasteiger partial charge is 0.343 e.